The second-order valence-corrected chi connectivity index (χ2v) is 5.69. The Balaban J connectivity index is 1.97. The van der Waals surface area contributed by atoms with Gasteiger partial charge in [-0.05, 0) is 43.7 Å². The minimum atomic E-state index is -0.0452. The van der Waals surface area contributed by atoms with Crippen LogP contribution in [0.25, 0.3) is 0 Å². The lowest BCUT2D eigenvalue weighted by Crippen LogP contribution is -2.29. The third-order valence-electron chi connectivity index (χ3n) is 3.93. The van der Waals surface area contributed by atoms with Crippen LogP contribution in [-0.4, -0.2) is 12.5 Å². The second kappa shape index (κ2) is 6.06. The average molecular weight is 261 g/mol. The first kappa shape index (κ1) is 13.9. The van der Waals surface area contributed by atoms with Gasteiger partial charge in [0, 0.05) is 6.54 Å². The molecule has 1 fully saturated rings. The van der Waals surface area contributed by atoms with Crippen LogP contribution in [0.2, 0.25) is 0 Å². The highest BCUT2D eigenvalue weighted by Crippen LogP contribution is 2.29. The van der Waals surface area contributed by atoms with Crippen molar-refractivity contribution in [2.75, 3.05) is 12.0 Å². The fraction of sp³-hybridized carbons (Fsp3) is 0.533. The number of hydrogen-bond acceptors (Lipinski definition) is 3. The lowest BCUT2D eigenvalue weighted by molar-refractivity contribution is 0.0948. The molecule has 2 unspecified atom stereocenters. The maximum atomic E-state index is 12.2. The number of nitrogens with two attached hydrogens (primary N) is 1. The number of rotatable bonds is 4. The molecule has 1 aliphatic carbocycles. The molecule has 0 saturated heterocycles. The molecule has 1 amide bonds. The van der Waals surface area contributed by atoms with E-state index in [1.54, 1.807) is 0 Å². The molecule has 0 aromatic heterocycles. The van der Waals surface area contributed by atoms with Gasteiger partial charge in [-0.2, -0.15) is 0 Å². The van der Waals surface area contributed by atoms with Crippen molar-refractivity contribution in [2.45, 2.75) is 33.1 Å². The number of carbonyl (C=O) groups excluding carboxylic acids is 1. The van der Waals surface area contributed by atoms with Gasteiger partial charge in [-0.15, -0.1) is 0 Å². The first-order chi connectivity index (χ1) is 9.10. The van der Waals surface area contributed by atoms with Crippen molar-refractivity contribution in [2.24, 2.45) is 17.7 Å². The van der Waals surface area contributed by atoms with Gasteiger partial charge in [0.05, 0.1) is 11.3 Å². The summed E-state index contributed by atoms with van der Waals surface area (Å²) in [5, 5.41) is 3.03. The van der Waals surface area contributed by atoms with Crippen molar-refractivity contribution in [3.05, 3.63) is 29.3 Å². The van der Waals surface area contributed by atoms with Crippen LogP contribution < -0.4 is 16.6 Å². The number of anilines is 1. The average Bonchev–Trinajstić information content (AvgIpc) is 2.81. The van der Waals surface area contributed by atoms with Gasteiger partial charge < -0.3 is 10.7 Å². The first-order valence-corrected chi connectivity index (χ1v) is 6.95. The topological polar surface area (TPSA) is 67.1 Å². The number of hydrazine groups is 1. The Morgan fingerprint density at radius 1 is 1.42 bits per heavy atom. The van der Waals surface area contributed by atoms with E-state index in [2.05, 4.69) is 17.7 Å². The van der Waals surface area contributed by atoms with Gasteiger partial charge in [0.25, 0.3) is 5.91 Å². The zero-order valence-corrected chi connectivity index (χ0v) is 11.7. The maximum absolute atomic E-state index is 12.2. The van der Waals surface area contributed by atoms with Crippen molar-refractivity contribution in [1.82, 2.24) is 5.32 Å². The van der Waals surface area contributed by atoms with Crippen LogP contribution in [0.4, 0.5) is 5.69 Å². The molecular formula is C15H23N3O. The van der Waals surface area contributed by atoms with Gasteiger partial charge in [-0.3, -0.25) is 10.6 Å². The molecule has 0 bridgehead atoms. The Morgan fingerprint density at radius 2 is 2.21 bits per heavy atom. The van der Waals surface area contributed by atoms with Gasteiger partial charge in [0.15, 0.2) is 0 Å². The smallest absolute Gasteiger partial charge is 0.253 e. The Bertz CT molecular complexity index is 459. The molecule has 4 N–H and O–H groups in total. The number of carbonyl (C=O) groups is 1. The van der Waals surface area contributed by atoms with E-state index in [0.29, 0.717) is 17.2 Å². The predicted molar refractivity (Wildman–Crippen MR) is 77.8 cm³/mol. The lowest BCUT2D eigenvalue weighted by Gasteiger charge is -2.13. The van der Waals surface area contributed by atoms with Crippen molar-refractivity contribution < 1.29 is 4.79 Å². The Labute approximate surface area is 114 Å². The molecule has 4 nitrogen and oxygen atoms in total. The molecule has 1 aromatic carbocycles. The van der Waals surface area contributed by atoms with E-state index in [1.165, 1.54) is 19.3 Å². The van der Waals surface area contributed by atoms with E-state index in [4.69, 9.17) is 5.84 Å². The summed E-state index contributed by atoms with van der Waals surface area (Å²) in [6, 6.07) is 5.63. The minimum absolute atomic E-state index is 0.0452. The number of amides is 1. The maximum Gasteiger partial charge on any atom is 0.253 e. The van der Waals surface area contributed by atoms with E-state index in [-0.39, 0.29) is 5.91 Å². The molecule has 4 heteroatoms. The predicted octanol–water partition coefficient (Wildman–Crippen LogP) is 2.45. The van der Waals surface area contributed by atoms with Crippen molar-refractivity contribution in [3.63, 3.8) is 0 Å². The Morgan fingerprint density at radius 3 is 2.84 bits per heavy atom. The number of benzene rings is 1. The largest absolute Gasteiger partial charge is 0.352 e. The van der Waals surface area contributed by atoms with E-state index in [9.17, 15) is 4.79 Å². The third-order valence-corrected chi connectivity index (χ3v) is 3.93. The summed E-state index contributed by atoms with van der Waals surface area (Å²) in [4.78, 5) is 12.2. The quantitative estimate of drug-likeness (QED) is 0.576. The number of hydrogen-bond donors (Lipinski definition) is 3. The van der Waals surface area contributed by atoms with Crippen molar-refractivity contribution >= 4 is 11.6 Å². The van der Waals surface area contributed by atoms with Gasteiger partial charge in [0.2, 0.25) is 0 Å². The van der Waals surface area contributed by atoms with E-state index in [1.807, 2.05) is 25.1 Å². The van der Waals surface area contributed by atoms with Crippen molar-refractivity contribution in [1.29, 1.82) is 0 Å². The van der Waals surface area contributed by atoms with Crippen LogP contribution >= 0.6 is 0 Å². The van der Waals surface area contributed by atoms with Gasteiger partial charge in [-0.25, -0.2) is 0 Å². The molecule has 0 spiro atoms. The van der Waals surface area contributed by atoms with Gasteiger partial charge >= 0.3 is 0 Å². The molecule has 0 aliphatic heterocycles. The molecule has 1 saturated carbocycles. The summed E-state index contributed by atoms with van der Waals surface area (Å²) in [5.74, 6) is 6.82. The zero-order chi connectivity index (χ0) is 13.8. The third kappa shape index (κ3) is 3.47. The highest BCUT2D eigenvalue weighted by Gasteiger charge is 2.22. The summed E-state index contributed by atoms with van der Waals surface area (Å²) >= 11 is 0. The summed E-state index contributed by atoms with van der Waals surface area (Å²) in [7, 11) is 0. The molecule has 0 radical (unpaired) electrons. The molecule has 2 atom stereocenters. The highest BCUT2D eigenvalue weighted by molar-refractivity contribution is 5.99. The first-order valence-electron chi connectivity index (χ1n) is 6.95. The van der Waals surface area contributed by atoms with E-state index < -0.39 is 0 Å². The summed E-state index contributed by atoms with van der Waals surface area (Å²) < 4.78 is 0. The Kier molecular flexibility index (Phi) is 4.43. The van der Waals surface area contributed by atoms with Crippen LogP contribution in [-0.2, 0) is 0 Å². The molecule has 1 aliphatic rings. The molecule has 19 heavy (non-hydrogen) atoms. The summed E-state index contributed by atoms with van der Waals surface area (Å²) in [6.07, 6.45) is 3.72. The van der Waals surface area contributed by atoms with Crippen LogP contribution in [0.5, 0.6) is 0 Å². The molecular weight excluding hydrogens is 238 g/mol. The van der Waals surface area contributed by atoms with Crippen LogP contribution in [0.15, 0.2) is 18.2 Å². The van der Waals surface area contributed by atoms with Crippen molar-refractivity contribution in [3.8, 4) is 0 Å². The number of nitrogens with one attached hydrogen (secondary N) is 2. The standard InChI is InChI=1S/C15H23N3O/c1-10-3-5-12(7-10)9-17-15(19)13-8-11(2)4-6-14(13)18-16/h4,6,8,10,12,18H,3,5,7,9,16H2,1-2H3,(H,17,19). The SMILES string of the molecule is Cc1ccc(NN)c(C(=O)NCC2CCC(C)C2)c1. The van der Waals surface area contributed by atoms with Crippen LogP contribution in [0.3, 0.4) is 0 Å². The molecule has 0 heterocycles. The van der Waals surface area contributed by atoms with Gasteiger partial charge in [0.1, 0.15) is 0 Å². The summed E-state index contributed by atoms with van der Waals surface area (Å²) in [5.41, 5.74) is 4.92. The van der Waals surface area contributed by atoms with E-state index in [0.717, 1.165) is 18.0 Å². The van der Waals surface area contributed by atoms with E-state index >= 15 is 0 Å². The highest BCUT2D eigenvalue weighted by atomic mass is 16.1. The Hall–Kier alpha value is -1.55. The van der Waals surface area contributed by atoms with Gasteiger partial charge in [-0.1, -0.05) is 25.0 Å². The molecule has 1 aromatic rings. The summed E-state index contributed by atoms with van der Waals surface area (Å²) in [6.45, 7) is 5.01. The monoisotopic (exact) mass is 261 g/mol. The van der Waals surface area contributed by atoms with Crippen LogP contribution in [0.1, 0.15) is 42.1 Å². The normalized spacial score (nSPS) is 22.3. The fourth-order valence-corrected chi connectivity index (χ4v) is 2.81. The molecule has 2 rings (SSSR count). The number of nitrogen functional groups attached to an aromatic ring is 1. The van der Waals surface area contributed by atoms with Crippen LogP contribution in [0, 0.1) is 18.8 Å². The molecule has 104 valence electrons. The zero-order valence-electron chi connectivity index (χ0n) is 11.7. The minimum Gasteiger partial charge on any atom is -0.352 e. The lowest BCUT2D eigenvalue weighted by atomic mass is 10.1. The second-order valence-electron chi connectivity index (χ2n) is 5.69. The fourth-order valence-electron chi connectivity index (χ4n) is 2.81. The number of aryl methyl sites for hydroxylation is 1.